The van der Waals surface area contributed by atoms with Crippen LogP contribution in [0, 0.1) is 10.1 Å². The van der Waals surface area contributed by atoms with Crippen molar-refractivity contribution in [2.24, 2.45) is 0 Å². The maximum Gasteiger partial charge on any atom is 0.288 e. The number of H-pyrrole nitrogens is 1. The number of fused-ring (bicyclic) bond motifs is 1. The van der Waals surface area contributed by atoms with Crippen molar-refractivity contribution in [3.63, 3.8) is 0 Å². The molecular weight excluding hydrogens is 236 g/mol. The highest BCUT2D eigenvalue weighted by Crippen LogP contribution is 2.24. The monoisotopic (exact) mass is 249 g/mol. The highest BCUT2D eigenvalue weighted by Gasteiger charge is 2.15. The first-order valence-electron chi connectivity index (χ1n) is 6.12. The number of rotatable bonds is 2. The van der Waals surface area contributed by atoms with Crippen LogP contribution in [0.5, 0.6) is 0 Å². The zero-order chi connectivity index (χ0) is 13.4. The van der Waals surface area contributed by atoms with E-state index in [1.807, 2.05) is 4.90 Å². The third-order valence-corrected chi connectivity index (χ3v) is 2.85. The number of hydrogen-bond acceptors (Lipinski definition) is 5. The molecule has 0 aliphatic carbocycles. The van der Waals surface area contributed by atoms with Gasteiger partial charge in [0.25, 0.3) is 5.69 Å². The van der Waals surface area contributed by atoms with Crippen LogP contribution >= 0.6 is 0 Å². The standard InChI is InChI=1S/C11H12N4O3/c16-15(17)9-5-8-6-10(13-11(8)12-7-9)14-1-3-18-4-2-14/h5-7H,1-4H2,(H,12,13)/i1D. The van der Waals surface area contributed by atoms with Gasteiger partial charge in [0.15, 0.2) is 0 Å². The third kappa shape index (κ3) is 1.88. The van der Waals surface area contributed by atoms with Gasteiger partial charge in [0.2, 0.25) is 0 Å². The van der Waals surface area contributed by atoms with Gasteiger partial charge in [-0.25, -0.2) is 4.98 Å². The van der Waals surface area contributed by atoms with E-state index >= 15 is 0 Å². The lowest BCUT2D eigenvalue weighted by molar-refractivity contribution is -0.385. The second-order valence-corrected chi connectivity index (χ2v) is 3.99. The lowest BCUT2D eigenvalue weighted by Crippen LogP contribution is -2.36. The molecule has 3 heterocycles. The van der Waals surface area contributed by atoms with E-state index in [0.717, 1.165) is 5.82 Å². The number of nitro groups is 1. The Labute approximate surface area is 104 Å². The molecule has 1 aliphatic heterocycles. The average molecular weight is 249 g/mol. The molecule has 1 aliphatic rings. The van der Waals surface area contributed by atoms with Gasteiger partial charge < -0.3 is 14.6 Å². The van der Waals surface area contributed by atoms with Crippen LogP contribution < -0.4 is 4.90 Å². The minimum Gasteiger partial charge on any atom is -0.378 e. The Kier molecular flexibility index (Phi) is 2.33. The molecule has 1 atom stereocenters. The molecule has 7 heteroatoms. The summed E-state index contributed by atoms with van der Waals surface area (Å²) in [4.78, 5) is 19.2. The van der Waals surface area contributed by atoms with E-state index in [0.29, 0.717) is 30.8 Å². The molecule has 1 N–H and O–H groups in total. The van der Waals surface area contributed by atoms with E-state index in [-0.39, 0.29) is 5.69 Å². The Hall–Kier alpha value is -2.15. The molecule has 0 bridgehead atoms. The summed E-state index contributed by atoms with van der Waals surface area (Å²) < 4.78 is 13.1. The molecule has 1 saturated heterocycles. The predicted molar refractivity (Wildman–Crippen MR) is 65.8 cm³/mol. The first kappa shape index (κ1) is 9.84. The predicted octanol–water partition coefficient (Wildman–Crippen LogP) is 1.31. The second-order valence-electron chi connectivity index (χ2n) is 3.99. The first-order valence-corrected chi connectivity index (χ1v) is 5.55. The van der Waals surface area contributed by atoms with E-state index in [1.54, 1.807) is 6.07 Å². The molecule has 0 saturated carbocycles. The van der Waals surface area contributed by atoms with Gasteiger partial charge in [0.05, 0.1) is 19.5 Å². The minimum absolute atomic E-state index is 0.0394. The molecule has 18 heavy (non-hydrogen) atoms. The van der Waals surface area contributed by atoms with Gasteiger partial charge in [-0.1, -0.05) is 0 Å². The van der Waals surface area contributed by atoms with Crippen LogP contribution in [-0.4, -0.2) is 41.2 Å². The van der Waals surface area contributed by atoms with Crippen molar-refractivity contribution in [2.45, 2.75) is 0 Å². The topological polar surface area (TPSA) is 84.3 Å². The van der Waals surface area contributed by atoms with Crippen molar-refractivity contribution in [2.75, 3.05) is 31.2 Å². The van der Waals surface area contributed by atoms with E-state index in [2.05, 4.69) is 9.97 Å². The molecule has 3 rings (SSSR count). The normalized spacial score (nSPS) is 21.0. The molecule has 2 aromatic rings. The van der Waals surface area contributed by atoms with Crippen LogP contribution in [-0.2, 0) is 4.74 Å². The number of pyridine rings is 1. The van der Waals surface area contributed by atoms with Crippen LogP contribution in [0.15, 0.2) is 18.3 Å². The van der Waals surface area contributed by atoms with E-state index in [1.165, 1.54) is 12.3 Å². The molecule has 2 aromatic heterocycles. The number of aromatic nitrogens is 2. The Morgan fingerprint density at radius 3 is 3.22 bits per heavy atom. The second kappa shape index (κ2) is 4.26. The summed E-state index contributed by atoms with van der Waals surface area (Å²) in [7, 11) is 0. The summed E-state index contributed by atoms with van der Waals surface area (Å²) in [5, 5.41) is 11.4. The van der Waals surface area contributed by atoms with Gasteiger partial charge in [-0.05, 0) is 6.07 Å². The fourth-order valence-corrected chi connectivity index (χ4v) is 1.94. The van der Waals surface area contributed by atoms with Crippen LogP contribution in [0.4, 0.5) is 11.5 Å². The van der Waals surface area contributed by atoms with Crippen molar-refractivity contribution in [1.29, 1.82) is 0 Å². The van der Waals surface area contributed by atoms with Gasteiger partial charge in [-0.3, -0.25) is 10.1 Å². The first-order chi connectivity index (χ1) is 9.15. The van der Waals surface area contributed by atoms with Crippen molar-refractivity contribution in [3.8, 4) is 0 Å². The highest BCUT2D eigenvalue weighted by molar-refractivity contribution is 5.82. The number of aromatic amines is 1. The molecule has 94 valence electrons. The summed E-state index contributed by atoms with van der Waals surface area (Å²) in [6, 6.07) is 3.25. The van der Waals surface area contributed by atoms with Gasteiger partial charge in [-0.15, -0.1) is 0 Å². The number of morpholine rings is 1. The van der Waals surface area contributed by atoms with Gasteiger partial charge in [0, 0.05) is 24.5 Å². The van der Waals surface area contributed by atoms with Gasteiger partial charge in [-0.2, -0.15) is 0 Å². The summed E-state index contributed by atoms with van der Waals surface area (Å²) in [6.07, 6.45) is 1.22. The molecule has 1 unspecified atom stereocenters. The average Bonchev–Trinajstić information content (AvgIpc) is 2.81. The lowest BCUT2D eigenvalue weighted by Gasteiger charge is -2.27. The largest absolute Gasteiger partial charge is 0.378 e. The molecular formula is C11H12N4O3. The molecule has 1 fully saturated rings. The highest BCUT2D eigenvalue weighted by atomic mass is 16.6. The fourth-order valence-electron chi connectivity index (χ4n) is 1.94. The van der Waals surface area contributed by atoms with Crippen LogP contribution in [0.1, 0.15) is 1.37 Å². The molecule has 0 amide bonds. The van der Waals surface area contributed by atoms with Gasteiger partial charge in [0.1, 0.15) is 17.7 Å². The summed E-state index contributed by atoms with van der Waals surface area (Å²) in [6.45, 7) is 1.06. The molecule has 0 spiro atoms. The summed E-state index contributed by atoms with van der Waals surface area (Å²) in [5.74, 6) is 0.742. The number of hydrogen-bond donors (Lipinski definition) is 1. The van der Waals surface area contributed by atoms with Crippen molar-refractivity contribution in [3.05, 3.63) is 28.4 Å². The van der Waals surface area contributed by atoms with Gasteiger partial charge >= 0.3 is 0 Å². The van der Waals surface area contributed by atoms with Crippen LogP contribution in [0.25, 0.3) is 11.0 Å². The summed E-state index contributed by atoms with van der Waals surface area (Å²) >= 11 is 0. The van der Waals surface area contributed by atoms with E-state index < -0.39 is 11.4 Å². The number of anilines is 1. The van der Waals surface area contributed by atoms with Crippen molar-refractivity contribution in [1.82, 2.24) is 9.97 Å². The Morgan fingerprint density at radius 2 is 2.44 bits per heavy atom. The number of nitrogens with zero attached hydrogens (tertiary/aromatic N) is 3. The molecule has 0 radical (unpaired) electrons. The molecule has 0 aromatic carbocycles. The SMILES string of the molecule is [2H]C1COCCN1c1cc2cc([N+](=O)[O-])cnc2[nH]1. The minimum atomic E-state index is -0.475. The van der Waals surface area contributed by atoms with Crippen molar-refractivity contribution < 1.29 is 11.0 Å². The molecule has 7 nitrogen and oxygen atoms in total. The van der Waals surface area contributed by atoms with Crippen molar-refractivity contribution >= 4 is 22.5 Å². The summed E-state index contributed by atoms with van der Waals surface area (Å²) in [5.41, 5.74) is 0.543. The third-order valence-electron chi connectivity index (χ3n) is 2.85. The Bertz CT molecular complexity index is 629. The Balaban J connectivity index is 1.99. The lowest BCUT2D eigenvalue weighted by atomic mass is 10.3. The smallest absolute Gasteiger partial charge is 0.288 e. The Morgan fingerprint density at radius 1 is 1.56 bits per heavy atom. The fraction of sp³-hybridized carbons (Fsp3) is 0.364. The van der Waals surface area contributed by atoms with E-state index in [9.17, 15) is 10.1 Å². The van der Waals surface area contributed by atoms with Crippen LogP contribution in [0.2, 0.25) is 0 Å². The maximum atomic E-state index is 10.7. The zero-order valence-corrected chi connectivity index (χ0v) is 9.50. The van der Waals surface area contributed by atoms with E-state index in [4.69, 9.17) is 6.11 Å². The maximum absolute atomic E-state index is 10.7. The number of nitrogens with one attached hydrogen (secondary N) is 1. The quantitative estimate of drug-likeness (QED) is 0.640. The zero-order valence-electron chi connectivity index (χ0n) is 10.5. The number of ether oxygens (including phenoxy) is 1. The van der Waals surface area contributed by atoms with Crippen LogP contribution in [0.3, 0.4) is 0 Å².